The summed E-state index contributed by atoms with van der Waals surface area (Å²) in [6.07, 6.45) is 0. The lowest BCUT2D eigenvalue weighted by molar-refractivity contribution is 0.170. The van der Waals surface area contributed by atoms with Crippen LogP contribution >= 0.6 is 0 Å². The number of halogens is 5. The van der Waals surface area contributed by atoms with Crippen LogP contribution in [0, 0.1) is 34.5 Å². The summed E-state index contributed by atoms with van der Waals surface area (Å²) in [6.45, 7) is 2.66. The van der Waals surface area contributed by atoms with Crippen LogP contribution in [-0.2, 0) is 0 Å². The minimum absolute atomic E-state index is 0.151. The zero-order valence-corrected chi connectivity index (χ0v) is 9.75. The van der Waals surface area contributed by atoms with E-state index in [1.807, 2.05) is 0 Å². The lowest BCUT2D eigenvalue weighted by Gasteiger charge is -2.23. The van der Waals surface area contributed by atoms with E-state index in [1.54, 1.807) is 13.8 Å². The molecule has 0 radical (unpaired) electrons. The average Bonchev–Trinajstić information content (AvgIpc) is 2.34. The van der Waals surface area contributed by atoms with Gasteiger partial charge in [-0.15, -0.1) is 0 Å². The fourth-order valence-electron chi connectivity index (χ4n) is 1.14. The standard InChI is InChI=1S/C11H12F5NO/c1-11(2,4-18)3-17-10-8(15)6(13)5(12)7(14)9(10)16/h17-18H,3-4H2,1-2H3. The monoisotopic (exact) mass is 269 g/mol. The highest BCUT2D eigenvalue weighted by atomic mass is 19.2. The Kier molecular flexibility index (Phi) is 4.16. The summed E-state index contributed by atoms with van der Waals surface area (Å²) in [5.41, 5.74) is -1.85. The molecule has 0 heterocycles. The van der Waals surface area contributed by atoms with Crippen LogP contribution in [0.15, 0.2) is 0 Å². The Hall–Kier alpha value is -1.37. The molecule has 0 spiro atoms. The van der Waals surface area contributed by atoms with E-state index in [0.717, 1.165) is 0 Å². The molecule has 2 N–H and O–H groups in total. The highest BCUT2D eigenvalue weighted by Gasteiger charge is 2.27. The Morgan fingerprint density at radius 1 is 0.889 bits per heavy atom. The number of benzene rings is 1. The zero-order chi connectivity index (χ0) is 14.1. The van der Waals surface area contributed by atoms with Crippen molar-refractivity contribution >= 4 is 5.69 Å². The lowest BCUT2D eigenvalue weighted by atomic mass is 9.95. The Morgan fingerprint density at radius 3 is 1.67 bits per heavy atom. The second kappa shape index (κ2) is 5.09. The van der Waals surface area contributed by atoms with Crippen molar-refractivity contribution in [1.29, 1.82) is 0 Å². The minimum atomic E-state index is -2.20. The smallest absolute Gasteiger partial charge is 0.200 e. The molecule has 102 valence electrons. The first kappa shape index (κ1) is 14.7. The summed E-state index contributed by atoms with van der Waals surface area (Å²) in [5.74, 6) is -10.0. The summed E-state index contributed by atoms with van der Waals surface area (Å²) in [6, 6.07) is 0. The molecule has 0 bridgehead atoms. The molecule has 0 aliphatic heterocycles. The maximum atomic E-state index is 13.2. The molecule has 2 nitrogen and oxygen atoms in total. The van der Waals surface area contributed by atoms with E-state index >= 15 is 0 Å². The molecule has 0 saturated carbocycles. The van der Waals surface area contributed by atoms with Gasteiger partial charge in [-0.3, -0.25) is 0 Å². The molecule has 0 saturated heterocycles. The molecule has 0 unspecified atom stereocenters. The molecule has 1 rings (SSSR count). The number of rotatable bonds is 4. The molecule has 7 heteroatoms. The second-order valence-corrected chi connectivity index (χ2v) is 4.62. The van der Waals surface area contributed by atoms with Crippen molar-refractivity contribution in [2.24, 2.45) is 5.41 Å². The van der Waals surface area contributed by atoms with E-state index in [-0.39, 0.29) is 13.2 Å². The highest BCUT2D eigenvalue weighted by Crippen LogP contribution is 2.28. The lowest BCUT2D eigenvalue weighted by Crippen LogP contribution is -2.28. The fourth-order valence-corrected chi connectivity index (χ4v) is 1.14. The van der Waals surface area contributed by atoms with Gasteiger partial charge in [0.25, 0.3) is 0 Å². The molecule has 0 amide bonds. The van der Waals surface area contributed by atoms with Crippen LogP contribution in [0.4, 0.5) is 27.6 Å². The molecule has 0 aliphatic rings. The molecule has 0 aliphatic carbocycles. The van der Waals surface area contributed by atoms with E-state index in [2.05, 4.69) is 5.32 Å². The molecule has 1 aromatic rings. The third kappa shape index (κ3) is 2.72. The average molecular weight is 269 g/mol. The Bertz CT molecular complexity index is 432. The zero-order valence-electron chi connectivity index (χ0n) is 9.75. The van der Waals surface area contributed by atoms with E-state index < -0.39 is 40.2 Å². The first-order valence-electron chi connectivity index (χ1n) is 5.07. The minimum Gasteiger partial charge on any atom is -0.396 e. The van der Waals surface area contributed by atoms with E-state index in [9.17, 15) is 22.0 Å². The van der Waals surface area contributed by atoms with Gasteiger partial charge in [-0.25, -0.2) is 22.0 Å². The van der Waals surface area contributed by atoms with Crippen molar-refractivity contribution in [3.63, 3.8) is 0 Å². The van der Waals surface area contributed by atoms with Gasteiger partial charge in [0.05, 0.1) is 0 Å². The molecule has 18 heavy (non-hydrogen) atoms. The van der Waals surface area contributed by atoms with Crippen molar-refractivity contribution in [3.05, 3.63) is 29.1 Å². The van der Waals surface area contributed by atoms with E-state index in [4.69, 9.17) is 5.11 Å². The van der Waals surface area contributed by atoms with Crippen LogP contribution < -0.4 is 5.32 Å². The molecular formula is C11H12F5NO. The Labute approximate surface area is 100 Å². The first-order chi connectivity index (χ1) is 8.21. The van der Waals surface area contributed by atoms with Crippen LogP contribution in [-0.4, -0.2) is 18.3 Å². The van der Waals surface area contributed by atoms with Gasteiger partial charge in [-0.05, 0) is 0 Å². The van der Waals surface area contributed by atoms with Crippen molar-refractivity contribution in [2.75, 3.05) is 18.5 Å². The molecule has 1 aromatic carbocycles. The normalized spacial score (nSPS) is 11.8. The third-order valence-corrected chi connectivity index (χ3v) is 2.38. The predicted molar refractivity (Wildman–Crippen MR) is 55.6 cm³/mol. The molecule has 0 aromatic heterocycles. The summed E-state index contributed by atoms with van der Waals surface area (Å²) in [4.78, 5) is 0. The number of nitrogens with one attached hydrogen (secondary N) is 1. The summed E-state index contributed by atoms with van der Waals surface area (Å²) in [7, 11) is 0. The van der Waals surface area contributed by atoms with Crippen molar-refractivity contribution in [2.45, 2.75) is 13.8 Å². The van der Waals surface area contributed by atoms with Crippen molar-refractivity contribution in [3.8, 4) is 0 Å². The van der Waals surface area contributed by atoms with Crippen LogP contribution in [0.3, 0.4) is 0 Å². The van der Waals surface area contributed by atoms with Crippen LogP contribution in [0.2, 0.25) is 0 Å². The number of hydrogen-bond acceptors (Lipinski definition) is 2. The summed E-state index contributed by atoms with van der Waals surface area (Å²) in [5, 5.41) is 11.1. The second-order valence-electron chi connectivity index (χ2n) is 4.62. The van der Waals surface area contributed by atoms with Gasteiger partial charge >= 0.3 is 0 Å². The van der Waals surface area contributed by atoms with Gasteiger partial charge in [0.15, 0.2) is 23.3 Å². The Balaban J connectivity index is 3.11. The quantitative estimate of drug-likeness (QED) is 0.500. The van der Waals surface area contributed by atoms with Crippen LogP contribution in [0.1, 0.15) is 13.8 Å². The number of anilines is 1. The maximum absolute atomic E-state index is 13.2. The topological polar surface area (TPSA) is 32.3 Å². The number of aliphatic hydroxyl groups excluding tert-OH is 1. The van der Waals surface area contributed by atoms with Crippen molar-refractivity contribution < 1.29 is 27.1 Å². The molecular weight excluding hydrogens is 257 g/mol. The number of aliphatic hydroxyl groups is 1. The van der Waals surface area contributed by atoms with Gasteiger partial charge < -0.3 is 10.4 Å². The van der Waals surface area contributed by atoms with Gasteiger partial charge in [0, 0.05) is 18.6 Å². The van der Waals surface area contributed by atoms with Gasteiger partial charge in [-0.2, -0.15) is 0 Å². The fraction of sp³-hybridized carbons (Fsp3) is 0.455. The van der Waals surface area contributed by atoms with E-state index in [1.165, 1.54) is 0 Å². The van der Waals surface area contributed by atoms with Gasteiger partial charge in [-0.1, -0.05) is 13.8 Å². The largest absolute Gasteiger partial charge is 0.396 e. The maximum Gasteiger partial charge on any atom is 0.200 e. The van der Waals surface area contributed by atoms with Gasteiger partial charge in [0.1, 0.15) is 5.69 Å². The summed E-state index contributed by atoms with van der Waals surface area (Å²) >= 11 is 0. The van der Waals surface area contributed by atoms with Crippen molar-refractivity contribution in [1.82, 2.24) is 0 Å². The Morgan fingerprint density at radius 2 is 1.28 bits per heavy atom. The van der Waals surface area contributed by atoms with E-state index in [0.29, 0.717) is 0 Å². The predicted octanol–water partition coefficient (Wildman–Crippen LogP) is 2.81. The third-order valence-electron chi connectivity index (χ3n) is 2.38. The first-order valence-corrected chi connectivity index (χ1v) is 5.07. The number of hydrogen-bond donors (Lipinski definition) is 2. The highest BCUT2D eigenvalue weighted by molar-refractivity contribution is 5.47. The molecule has 0 atom stereocenters. The van der Waals surface area contributed by atoms with Crippen LogP contribution in [0.5, 0.6) is 0 Å². The van der Waals surface area contributed by atoms with Crippen LogP contribution in [0.25, 0.3) is 0 Å². The SMILES string of the molecule is CC(C)(CO)CNc1c(F)c(F)c(F)c(F)c1F. The molecule has 0 fully saturated rings. The summed E-state index contributed by atoms with van der Waals surface area (Å²) < 4.78 is 64.9. The van der Waals surface area contributed by atoms with Gasteiger partial charge in [0.2, 0.25) is 5.82 Å².